The largest absolute Gasteiger partial charge is 0.431 e. The molecule has 9 heteroatoms. The van der Waals surface area contributed by atoms with Gasteiger partial charge in [0, 0.05) is 48.0 Å². The summed E-state index contributed by atoms with van der Waals surface area (Å²) in [4.78, 5) is 6.66. The van der Waals surface area contributed by atoms with E-state index >= 15 is 0 Å². The molecule has 32 heavy (non-hydrogen) atoms. The summed E-state index contributed by atoms with van der Waals surface area (Å²) in [6.45, 7) is 6.21. The molecule has 174 valence electrons. The molecular formula is C23H31F2N5O2. The fourth-order valence-corrected chi connectivity index (χ4v) is 5.80. The summed E-state index contributed by atoms with van der Waals surface area (Å²) < 4.78 is 37.6. The SMILES string of the molecule is CC1COCCN1C1C[C@@H]2C(c3cc(-c4cnc(N)c(OC(F)F)c4)nn3C(C)C)[C@@H]2C1. The Kier molecular flexibility index (Phi) is 5.57. The van der Waals surface area contributed by atoms with Crippen molar-refractivity contribution in [2.45, 2.75) is 64.3 Å². The topological polar surface area (TPSA) is 78.4 Å². The second-order valence-electron chi connectivity index (χ2n) is 9.62. The van der Waals surface area contributed by atoms with Crippen LogP contribution < -0.4 is 10.5 Å². The second-order valence-corrected chi connectivity index (χ2v) is 9.62. The molecule has 1 aliphatic heterocycles. The number of anilines is 1. The molecule has 2 aromatic rings. The Labute approximate surface area is 186 Å². The molecule has 2 saturated carbocycles. The van der Waals surface area contributed by atoms with Crippen molar-refractivity contribution in [3.05, 3.63) is 24.0 Å². The van der Waals surface area contributed by atoms with E-state index in [9.17, 15) is 8.78 Å². The van der Waals surface area contributed by atoms with Gasteiger partial charge in [0.1, 0.15) is 0 Å². The first-order chi connectivity index (χ1) is 15.3. The molecule has 2 N–H and O–H groups in total. The minimum Gasteiger partial charge on any atom is -0.431 e. The van der Waals surface area contributed by atoms with Gasteiger partial charge in [-0.2, -0.15) is 13.9 Å². The van der Waals surface area contributed by atoms with Crippen LogP contribution in [-0.2, 0) is 4.74 Å². The first-order valence-electron chi connectivity index (χ1n) is 11.5. The van der Waals surface area contributed by atoms with Crippen molar-refractivity contribution in [2.24, 2.45) is 11.8 Å². The Bertz CT molecular complexity index is 969. The quantitative estimate of drug-likeness (QED) is 0.723. The maximum Gasteiger partial charge on any atom is 0.387 e. The van der Waals surface area contributed by atoms with Crippen LogP contribution in [0, 0.1) is 11.8 Å². The maximum absolute atomic E-state index is 12.7. The normalized spacial score (nSPS) is 30.2. The summed E-state index contributed by atoms with van der Waals surface area (Å²) in [5.41, 5.74) is 8.26. The van der Waals surface area contributed by atoms with Crippen LogP contribution >= 0.6 is 0 Å². The number of ether oxygens (including phenoxy) is 2. The summed E-state index contributed by atoms with van der Waals surface area (Å²) in [7, 11) is 0. The van der Waals surface area contributed by atoms with E-state index < -0.39 is 6.61 Å². The molecule has 0 bridgehead atoms. The lowest BCUT2D eigenvalue weighted by atomic mass is 10.0. The van der Waals surface area contributed by atoms with Gasteiger partial charge in [-0.25, -0.2) is 4.98 Å². The van der Waals surface area contributed by atoms with Crippen molar-refractivity contribution in [1.29, 1.82) is 0 Å². The standard InChI is InChI=1S/C23H31F2N5O2/c1-12(2)30-19(9-18(28-30)14-6-20(32-23(24)25)22(26)27-10-14)21-16-7-15(8-17(16)21)29-4-5-31-11-13(29)3/h6,9-10,12-13,15-17,21,23H,4-5,7-8,11H2,1-3H3,(H2,26,27)/t13?,15?,16-,17+,21?. The van der Waals surface area contributed by atoms with Gasteiger partial charge in [-0.1, -0.05) is 0 Å². The number of nitrogens with two attached hydrogens (primary N) is 1. The van der Waals surface area contributed by atoms with Crippen LogP contribution in [-0.4, -0.2) is 58.1 Å². The molecule has 3 unspecified atom stereocenters. The number of morpholine rings is 1. The highest BCUT2D eigenvalue weighted by Gasteiger charge is 2.59. The van der Waals surface area contributed by atoms with E-state index in [2.05, 4.69) is 46.1 Å². The molecule has 5 rings (SSSR count). The molecule has 3 aliphatic rings. The highest BCUT2D eigenvalue weighted by atomic mass is 19.3. The van der Waals surface area contributed by atoms with Crippen LogP contribution in [0.3, 0.4) is 0 Å². The van der Waals surface area contributed by atoms with E-state index in [1.807, 2.05) is 0 Å². The Hall–Kier alpha value is -2.26. The summed E-state index contributed by atoms with van der Waals surface area (Å²) in [5, 5.41) is 4.81. The average Bonchev–Trinajstić information content (AvgIpc) is 3.09. The van der Waals surface area contributed by atoms with Crippen molar-refractivity contribution in [3.8, 4) is 17.0 Å². The maximum atomic E-state index is 12.7. The fraction of sp³-hybridized carbons (Fsp3) is 0.652. The number of alkyl halides is 2. The van der Waals surface area contributed by atoms with Gasteiger partial charge < -0.3 is 15.2 Å². The molecule has 0 spiro atoms. The summed E-state index contributed by atoms with van der Waals surface area (Å²) in [5.74, 6) is 1.69. The van der Waals surface area contributed by atoms with E-state index in [1.54, 1.807) is 6.20 Å². The molecule has 7 nitrogen and oxygen atoms in total. The number of pyridine rings is 1. The van der Waals surface area contributed by atoms with Gasteiger partial charge in [-0.3, -0.25) is 9.58 Å². The number of nitrogen functional groups attached to an aromatic ring is 1. The highest BCUT2D eigenvalue weighted by molar-refractivity contribution is 5.64. The lowest BCUT2D eigenvalue weighted by molar-refractivity contribution is -0.0494. The van der Waals surface area contributed by atoms with Crippen LogP contribution in [0.5, 0.6) is 5.75 Å². The van der Waals surface area contributed by atoms with Crippen molar-refractivity contribution in [2.75, 3.05) is 25.5 Å². The van der Waals surface area contributed by atoms with Crippen LogP contribution in [0.2, 0.25) is 0 Å². The molecule has 2 aliphatic carbocycles. The van der Waals surface area contributed by atoms with Gasteiger partial charge in [0.2, 0.25) is 0 Å². The van der Waals surface area contributed by atoms with Crippen LogP contribution in [0.1, 0.15) is 51.3 Å². The third-order valence-corrected chi connectivity index (χ3v) is 7.30. The van der Waals surface area contributed by atoms with Gasteiger partial charge in [0.25, 0.3) is 0 Å². The van der Waals surface area contributed by atoms with Crippen molar-refractivity contribution >= 4 is 5.82 Å². The lowest BCUT2D eigenvalue weighted by Gasteiger charge is -2.38. The molecule has 2 aromatic heterocycles. The third-order valence-electron chi connectivity index (χ3n) is 7.30. The van der Waals surface area contributed by atoms with Gasteiger partial charge in [-0.05, 0) is 57.6 Å². The smallest absolute Gasteiger partial charge is 0.387 e. The Morgan fingerprint density at radius 1 is 1.22 bits per heavy atom. The zero-order chi connectivity index (χ0) is 22.6. The predicted molar refractivity (Wildman–Crippen MR) is 117 cm³/mol. The molecule has 0 radical (unpaired) electrons. The number of nitrogens with zero attached hydrogens (tertiary/aromatic N) is 4. The zero-order valence-electron chi connectivity index (χ0n) is 18.7. The zero-order valence-corrected chi connectivity index (χ0v) is 18.7. The second kappa shape index (κ2) is 8.26. The predicted octanol–water partition coefficient (Wildman–Crippen LogP) is 3.92. The molecule has 0 amide bonds. The number of aromatic nitrogens is 3. The Morgan fingerprint density at radius 2 is 1.97 bits per heavy atom. The van der Waals surface area contributed by atoms with Crippen LogP contribution in [0.25, 0.3) is 11.3 Å². The fourth-order valence-electron chi connectivity index (χ4n) is 5.80. The monoisotopic (exact) mass is 447 g/mol. The van der Waals surface area contributed by atoms with Crippen molar-refractivity contribution in [3.63, 3.8) is 0 Å². The third kappa shape index (κ3) is 3.85. The molecule has 3 fully saturated rings. The highest BCUT2D eigenvalue weighted by Crippen LogP contribution is 2.64. The number of rotatable bonds is 6. The number of hydrogen-bond donors (Lipinski definition) is 1. The minimum absolute atomic E-state index is 0.0577. The van der Waals surface area contributed by atoms with Gasteiger partial charge in [0.15, 0.2) is 11.6 Å². The van der Waals surface area contributed by atoms with E-state index in [-0.39, 0.29) is 17.6 Å². The number of hydrogen-bond acceptors (Lipinski definition) is 6. The van der Waals surface area contributed by atoms with E-state index in [0.717, 1.165) is 19.8 Å². The van der Waals surface area contributed by atoms with E-state index in [0.29, 0.717) is 41.1 Å². The number of halogens is 2. The lowest BCUT2D eigenvalue weighted by Crippen LogP contribution is -2.49. The molecule has 5 atom stereocenters. The molecular weight excluding hydrogens is 416 g/mol. The number of fused-ring (bicyclic) bond motifs is 1. The summed E-state index contributed by atoms with van der Waals surface area (Å²) in [6, 6.07) is 4.92. The van der Waals surface area contributed by atoms with Crippen LogP contribution in [0.15, 0.2) is 18.3 Å². The Balaban J connectivity index is 1.36. The summed E-state index contributed by atoms with van der Waals surface area (Å²) >= 11 is 0. The molecule has 3 heterocycles. The molecule has 1 saturated heterocycles. The molecule has 0 aromatic carbocycles. The summed E-state index contributed by atoms with van der Waals surface area (Å²) in [6.07, 6.45) is 4.00. The van der Waals surface area contributed by atoms with Crippen LogP contribution in [0.4, 0.5) is 14.6 Å². The first kappa shape index (κ1) is 21.6. The minimum atomic E-state index is -2.95. The van der Waals surface area contributed by atoms with E-state index in [1.165, 1.54) is 24.6 Å². The van der Waals surface area contributed by atoms with E-state index in [4.69, 9.17) is 15.6 Å². The van der Waals surface area contributed by atoms with Crippen molar-refractivity contribution in [1.82, 2.24) is 19.7 Å². The van der Waals surface area contributed by atoms with Gasteiger partial charge in [0.05, 0.1) is 18.9 Å². The van der Waals surface area contributed by atoms with Gasteiger partial charge in [-0.15, -0.1) is 0 Å². The Morgan fingerprint density at radius 3 is 2.62 bits per heavy atom. The first-order valence-corrected chi connectivity index (χ1v) is 11.5. The average molecular weight is 448 g/mol. The van der Waals surface area contributed by atoms with Crippen molar-refractivity contribution < 1.29 is 18.3 Å². The van der Waals surface area contributed by atoms with Gasteiger partial charge >= 0.3 is 6.61 Å².